The smallest absolute Gasteiger partial charge is 0.408 e. The monoisotopic (exact) mass is 554 g/mol. The molecule has 2 fully saturated rings. The van der Waals surface area contributed by atoms with Crippen molar-refractivity contribution in [3.05, 3.63) is 35.4 Å². The van der Waals surface area contributed by atoms with Crippen LogP contribution in [0.1, 0.15) is 65.5 Å². The molecule has 1 aromatic carbocycles. The van der Waals surface area contributed by atoms with Gasteiger partial charge in [0.2, 0.25) is 17.6 Å². The number of ketones is 1. The predicted octanol–water partition coefficient (Wildman–Crippen LogP) is 2.12. The number of nitrogens with zero attached hydrogens (tertiary/aromatic N) is 1. The van der Waals surface area contributed by atoms with Crippen LogP contribution in [0, 0.1) is 23.2 Å². The standard InChI is InChI=1S/C30H42N4O6/c1-7-10-20(24(35)25(31)36)32-26(37)23-21-19(30(21,5)6)15-34(23)27(38)22(33-28(39)40-29(2,3)4)18-13-16-11-8-9-12-17(16)14-18/h8-9,11-12,18-23H,7,10,13-15H2,1-6H3,(H2,31,36)(H,32,37)(H,33,39)/t19-,20?,21-,22-,23-/m0/s1. The van der Waals surface area contributed by atoms with E-state index in [0.717, 1.165) is 11.1 Å². The number of piperidine rings is 1. The summed E-state index contributed by atoms with van der Waals surface area (Å²) in [4.78, 5) is 66.4. The lowest BCUT2D eigenvalue weighted by atomic mass is 9.93. The van der Waals surface area contributed by atoms with Crippen LogP contribution in [0.3, 0.4) is 0 Å². The molecule has 4 N–H and O–H groups in total. The molecule has 2 aliphatic carbocycles. The highest BCUT2D eigenvalue weighted by molar-refractivity contribution is 6.37. The fourth-order valence-electron chi connectivity index (χ4n) is 6.62. The second kappa shape index (κ2) is 10.9. The van der Waals surface area contributed by atoms with Crippen molar-refractivity contribution in [3.8, 4) is 0 Å². The molecular formula is C30H42N4O6. The summed E-state index contributed by atoms with van der Waals surface area (Å²) in [6, 6.07) is 5.17. The maximum absolute atomic E-state index is 14.3. The fraction of sp³-hybridized carbons (Fsp3) is 0.633. The number of likely N-dealkylation sites (tertiary alicyclic amines) is 1. The van der Waals surface area contributed by atoms with Crippen molar-refractivity contribution in [2.75, 3.05) is 6.54 Å². The Morgan fingerprint density at radius 3 is 2.20 bits per heavy atom. The molecule has 0 radical (unpaired) electrons. The van der Waals surface area contributed by atoms with E-state index in [0.29, 0.717) is 25.8 Å². The maximum atomic E-state index is 14.3. The lowest BCUT2D eigenvalue weighted by molar-refractivity contribution is -0.144. The molecule has 1 aliphatic heterocycles. The van der Waals surface area contributed by atoms with Gasteiger partial charge in [-0.1, -0.05) is 51.5 Å². The fourth-order valence-corrected chi connectivity index (χ4v) is 6.62. The molecule has 4 rings (SSSR count). The molecule has 1 unspecified atom stereocenters. The van der Waals surface area contributed by atoms with E-state index in [2.05, 4.69) is 24.5 Å². The highest BCUT2D eigenvalue weighted by atomic mass is 16.6. The molecule has 218 valence electrons. The second-order valence-electron chi connectivity index (χ2n) is 13.0. The number of hydrogen-bond donors (Lipinski definition) is 3. The van der Waals surface area contributed by atoms with E-state index in [4.69, 9.17) is 10.5 Å². The van der Waals surface area contributed by atoms with Gasteiger partial charge >= 0.3 is 6.09 Å². The van der Waals surface area contributed by atoms with Crippen LogP contribution in [-0.2, 0) is 36.8 Å². The number of alkyl carbamates (subject to hydrolysis) is 1. The third kappa shape index (κ3) is 5.86. The predicted molar refractivity (Wildman–Crippen MR) is 148 cm³/mol. The summed E-state index contributed by atoms with van der Waals surface area (Å²) < 4.78 is 5.50. The highest BCUT2D eigenvalue weighted by Crippen LogP contribution is 2.65. The Hall–Kier alpha value is -3.43. The van der Waals surface area contributed by atoms with E-state index in [1.807, 2.05) is 31.2 Å². The van der Waals surface area contributed by atoms with Crippen molar-refractivity contribution in [1.82, 2.24) is 15.5 Å². The summed E-state index contributed by atoms with van der Waals surface area (Å²) in [5, 5.41) is 5.55. The molecule has 3 aliphatic rings. The van der Waals surface area contributed by atoms with Crippen LogP contribution >= 0.6 is 0 Å². The van der Waals surface area contributed by atoms with Crippen molar-refractivity contribution in [1.29, 1.82) is 0 Å². The normalized spacial score (nSPS) is 24.4. The number of rotatable bonds is 9. The minimum Gasteiger partial charge on any atom is -0.444 e. The van der Waals surface area contributed by atoms with Crippen molar-refractivity contribution in [2.45, 2.75) is 91.0 Å². The Balaban J connectivity index is 1.60. The summed E-state index contributed by atoms with van der Waals surface area (Å²) >= 11 is 0. The number of primary amides is 1. The number of nitrogens with one attached hydrogen (secondary N) is 2. The number of benzene rings is 1. The van der Waals surface area contributed by atoms with Gasteiger partial charge in [0.1, 0.15) is 17.7 Å². The third-order valence-corrected chi connectivity index (χ3v) is 8.71. The lowest BCUT2D eigenvalue weighted by Crippen LogP contribution is -2.59. The van der Waals surface area contributed by atoms with Crippen LogP contribution in [0.15, 0.2) is 24.3 Å². The topological polar surface area (TPSA) is 148 Å². The molecule has 4 amide bonds. The first-order valence-electron chi connectivity index (χ1n) is 14.2. The average Bonchev–Trinajstić information content (AvgIpc) is 3.24. The number of hydrogen-bond acceptors (Lipinski definition) is 6. The van der Waals surface area contributed by atoms with Crippen LogP contribution in [0.4, 0.5) is 4.79 Å². The van der Waals surface area contributed by atoms with Crippen molar-refractivity contribution >= 4 is 29.6 Å². The van der Waals surface area contributed by atoms with E-state index in [9.17, 15) is 24.0 Å². The quantitative estimate of drug-likeness (QED) is 0.398. The number of Topliss-reactive ketones (excluding diaryl/α,β-unsaturated/α-hetero) is 1. The van der Waals surface area contributed by atoms with Gasteiger partial charge in [-0.3, -0.25) is 19.2 Å². The number of ether oxygens (including phenoxy) is 1. The maximum Gasteiger partial charge on any atom is 0.408 e. The summed E-state index contributed by atoms with van der Waals surface area (Å²) in [5.41, 5.74) is 6.57. The first kappa shape index (κ1) is 29.6. The molecule has 0 aromatic heterocycles. The summed E-state index contributed by atoms with van der Waals surface area (Å²) in [5.74, 6) is -3.01. The van der Waals surface area contributed by atoms with E-state index < -0.39 is 47.4 Å². The van der Waals surface area contributed by atoms with Crippen LogP contribution < -0.4 is 16.4 Å². The van der Waals surface area contributed by atoms with Gasteiger partial charge in [0.15, 0.2) is 0 Å². The van der Waals surface area contributed by atoms with Gasteiger partial charge < -0.3 is 26.0 Å². The molecule has 0 bridgehead atoms. The van der Waals surface area contributed by atoms with Crippen LogP contribution in [0.25, 0.3) is 0 Å². The minimum atomic E-state index is -1.11. The SMILES string of the molecule is CCCC(NC(=O)[C@@H]1[C@@H]2[C@H](CN1C(=O)[C@@H](NC(=O)OC(C)(C)C)C1Cc3ccccc3C1)C2(C)C)C(=O)C(N)=O. The molecule has 1 aromatic rings. The molecule has 5 atom stereocenters. The van der Waals surface area contributed by atoms with Gasteiger partial charge in [0.05, 0.1) is 6.04 Å². The van der Waals surface area contributed by atoms with Gasteiger partial charge in [0.25, 0.3) is 5.91 Å². The van der Waals surface area contributed by atoms with Gasteiger partial charge in [0, 0.05) is 6.54 Å². The molecule has 40 heavy (non-hydrogen) atoms. The highest BCUT2D eigenvalue weighted by Gasteiger charge is 2.69. The lowest BCUT2D eigenvalue weighted by Gasteiger charge is -2.35. The number of amides is 4. The molecular weight excluding hydrogens is 512 g/mol. The number of carbonyl (C=O) groups excluding carboxylic acids is 5. The van der Waals surface area contributed by atoms with Gasteiger partial charge in [-0.2, -0.15) is 0 Å². The van der Waals surface area contributed by atoms with Gasteiger partial charge in [-0.25, -0.2) is 4.79 Å². The number of carbonyl (C=O) groups is 5. The molecule has 1 heterocycles. The largest absolute Gasteiger partial charge is 0.444 e. The van der Waals surface area contributed by atoms with Crippen molar-refractivity contribution < 1.29 is 28.7 Å². The summed E-state index contributed by atoms with van der Waals surface area (Å²) in [6.45, 7) is 11.6. The summed E-state index contributed by atoms with van der Waals surface area (Å²) in [6.07, 6.45) is 1.34. The molecule has 0 spiro atoms. The van der Waals surface area contributed by atoms with E-state index >= 15 is 0 Å². The Labute approximate surface area is 235 Å². The molecule has 1 saturated carbocycles. The molecule has 1 saturated heterocycles. The first-order chi connectivity index (χ1) is 18.7. The molecule has 10 heteroatoms. The Morgan fingerprint density at radius 1 is 1.07 bits per heavy atom. The van der Waals surface area contributed by atoms with E-state index in [-0.39, 0.29) is 35.5 Å². The zero-order valence-corrected chi connectivity index (χ0v) is 24.3. The van der Waals surface area contributed by atoms with Crippen LogP contribution in [0.5, 0.6) is 0 Å². The van der Waals surface area contributed by atoms with Gasteiger partial charge in [-0.15, -0.1) is 0 Å². The number of fused-ring (bicyclic) bond motifs is 2. The van der Waals surface area contributed by atoms with Crippen LogP contribution in [-0.4, -0.2) is 64.8 Å². The van der Waals surface area contributed by atoms with Crippen LogP contribution in [0.2, 0.25) is 0 Å². The Morgan fingerprint density at radius 2 is 1.68 bits per heavy atom. The van der Waals surface area contributed by atoms with Crippen molar-refractivity contribution in [3.63, 3.8) is 0 Å². The minimum absolute atomic E-state index is 0.103. The summed E-state index contributed by atoms with van der Waals surface area (Å²) in [7, 11) is 0. The second-order valence-corrected chi connectivity index (χ2v) is 13.0. The average molecular weight is 555 g/mol. The van der Waals surface area contributed by atoms with Gasteiger partial charge in [-0.05, 0) is 74.3 Å². The zero-order valence-electron chi connectivity index (χ0n) is 24.3. The Bertz CT molecular complexity index is 1180. The Kier molecular flexibility index (Phi) is 8.02. The molecule has 10 nitrogen and oxygen atoms in total. The zero-order chi connectivity index (χ0) is 29.6. The number of nitrogens with two attached hydrogens (primary N) is 1. The van der Waals surface area contributed by atoms with E-state index in [1.165, 1.54) is 0 Å². The third-order valence-electron chi connectivity index (χ3n) is 8.71. The van der Waals surface area contributed by atoms with E-state index in [1.54, 1.807) is 25.7 Å². The van der Waals surface area contributed by atoms with Crippen molar-refractivity contribution in [2.24, 2.45) is 28.9 Å². The first-order valence-corrected chi connectivity index (χ1v) is 14.2.